The van der Waals surface area contributed by atoms with Crippen LogP contribution in [0.25, 0.3) is 0 Å². The molecule has 1 amide bonds. The lowest BCUT2D eigenvalue weighted by atomic mass is 9.88. The number of amides is 1. The smallest absolute Gasteiger partial charge is 0.241 e. The Morgan fingerprint density at radius 2 is 1.85 bits per heavy atom. The molecule has 1 saturated heterocycles. The van der Waals surface area contributed by atoms with E-state index in [-0.39, 0.29) is 16.7 Å². The van der Waals surface area contributed by atoms with Crippen molar-refractivity contribution >= 4 is 15.9 Å². The molecule has 1 heterocycles. The Morgan fingerprint density at radius 3 is 2.52 bits per heavy atom. The van der Waals surface area contributed by atoms with Crippen molar-refractivity contribution in [1.82, 2.24) is 10.0 Å². The number of allylic oxidation sites excluding steroid dienone is 1. The molecule has 1 unspecified atom stereocenters. The summed E-state index contributed by atoms with van der Waals surface area (Å²) in [5.74, 6) is 1.42. The molecule has 4 rings (SSSR count). The van der Waals surface area contributed by atoms with Gasteiger partial charge in [0.2, 0.25) is 15.9 Å². The zero-order chi connectivity index (χ0) is 23.6. The maximum absolute atomic E-state index is 13.1. The van der Waals surface area contributed by atoms with E-state index in [1.54, 1.807) is 24.3 Å². The van der Waals surface area contributed by atoms with Crippen LogP contribution in [-0.4, -0.2) is 20.9 Å². The number of sulfonamides is 1. The van der Waals surface area contributed by atoms with Crippen LogP contribution in [0.5, 0.6) is 5.75 Å². The van der Waals surface area contributed by atoms with E-state index in [0.29, 0.717) is 24.7 Å². The number of benzene rings is 2. The fourth-order valence-corrected chi connectivity index (χ4v) is 5.51. The first-order chi connectivity index (χ1) is 15.6. The monoisotopic (exact) mass is 468 g/mol. The number of carbonyl (C=O) groups is 1. The Bertz CT molecular complexity index is 1140. The molecule has 0 radical (unpaired) electrons. The van der Waals surface area contributed by atoms with Crippen LogP contribution in [0, 0.1) is 11.8 Å². The maximum atomic E-state index is 13.1. The second-order valence-corrected chi connectivity index (χ2v) is 11.4. The standard InChI is InChI=1S/C26H32N2O4S/c1-18-21(11-14-25(29)27-18)15-19-9-12-22(13-10-19)26(2,3)28-33(30,31)24-6-4-5-23(16-24)32-17-20-7-8-20/h4-6,9-10,12-13,16,20-21,28H,1,7-8,11,14-15,17H2,2-3H3,(H,27,29). The quantitative estimate of drug-likeness (QED) is 0.576. The Balaban J connectivity index is 1.42. The van der Waals surface area contributed by atoms with E-state index in [1.807, 2.05) is 38.1 Å². The van der Waals surface area contributed by atoms with Crippen molar-refractivity contribution < 1.29 is 17.9 Å². The van der Waals surface area contributed by atoms with Crippen LogP contribution >= 0.6 is 0 Å². The third-order valence-corrected chi connectivity index (χ3v) is 8.01. The molecule has 0 spiro atoms. The van der Waals surface area contributed by atoms with E-state index in [4.69, 9.17) is 4.74 Å². The summed E-state index contributed by atoms with van der Waals surface area (Å²) in [6, 6.07) is 14.6. The molecule has 1 aliphatic heterocycles. The van der Waals surface area contributed by atoms with Gasteiger partial charge in [-0.15, -0.1) is 0 Å². The van der Waals surface area contributed by atoms with Gasteiger partial charge in [0.15, 0.2) is 0 Å². The first kappa shape index (κ1) is 23.5. The molecule has 6 nitrogen and oxygen atoms in total. The minimum Gasteiger partial charge on any atom is -0.493 e. The van der Waals surface area contributed by atoms with Crippen molar-refractivity contribution in [2.75, 3.05) is 6.61 Å². The summed E-state index contributed by atoms with van der Waals surface area (Å²) in [5, 5.41) is 2.83. The number of hydrogen-bond acceptors (Lipinski definition) is 4. The number of hydrogen-bond donors (Lipinski definition) is 2. The van der Waals surface area contributed by atoms with Gasteiger partial charge < -0.3 is 10.1 Å². The van der Waals surface area contributed by atoms with Crippen LogP contribution in [0.3, 0.4) is 0 Å². The molecule has 1 atom stereocenters. The average Bonchev–Trinajstić information content (AvgIpc) is 3.59. The van der Waals surface area contributed by atoms with Crippen molar-refractivity contribution in [2.45, 2.75) is 56.4 Å². The number of piperidine rings is 1. The third-order valence-electron chi connectivity index (χ3n) is 6.36. The Hall–Kier alpha value is -2.64. The topological polar surface area (TPSA) is 84.5 Å². The predicted molar refractivity (Wildman–Crippen MR) is 128 cm³/mol. The second-order valence-electron chi connectivity index (χ2n) is 9.67. The molecule has 2 aromatic rings. The zero-order valence-corrected chi connectivity index (χ0v) is 20.1. The Morgan fingerprint density at radius 1 is 1.12 bits per heavy atom. The highest BCUT2D eigenvalue weighted by molar-refractivity contribution is 7.89. The second kappa shape index (κ2) is 9.31. The molecular weight excluding hydrogens is 436 g/mol. The predicted octanol–water partition coefficient (Wildman–Crippen LogP) is 4.27. The lowest BCUT2D eigenvalue weighted by Crippen LogP contribution is -2.40. The number of ether oxygens (including phenoxy) is 1. The highest BCUT2D eigenvalue weighted by atomic mass is 32.2. The molecule has 2 aromatic carbocycles. The molecular formula is C26H32N2O4S. The lowest BCUT2D eigenvalue weighted by molar-refractivity contribution is -0.121. The van der Waals surface area contributed by atoms with Gasteiger partial charge in [0.05, 0.1) is 17.0 Å². The SMILES string of the molecule is C=C1NC(=O)CCC1Cc1ccc(C(C)(C)NS(=O)(=O)c2cccc(OCC3CC3)c2)cc1. The van der Waals surface area contributed by atoms with Crippen LogP contribution < -0.4 is 14.8 Å². The molecule has 2 fully saturated rings. The van der Waals surface area contributed by atoms with Gasteiger partial charge >= 0.3 is 0 Å². The summed E-state index contributed by atoms with van der Waals surface area (Å²) in [6.07, 6.45) is 4.46. The summed E-state index contributed by atoms with van der Waals surface area (Å²) < 4.78 is 34.8. The summed E-state index contributed by atoms with van der Waals surface area (Å²) in [5.41, 5.74) is 1.96. The number of rotatable bonds is 9. The van der Waals surface area contributed by atoms with Crippen molar-refractivity contribution in [1.29, 1.82) is 0 Å². The average molecular weight is 469 g/mol. The molecule has 1 aliphatic carbocycles. The van der Waals surface area contributed by atoms with Gasteiger partial charge in [0, 0.05) is 24.1 Å². The van der Waals surface area contributed by atoms with Gasteiger partial charge in [-0.05, 0) is 68.7 Å². The zero-order valence-electron chi connectivity index (χ0n) is 19.3. The molecule has 0 bridgehead atoms. The summed E-state index contributed by atoms with van der Waals surface area (Å²) in [4.78, 5) is 11.7. The van der Waals surface area contributed by atoms with E-state index in [9.17, 15) is 13.2 Å². The molecule has 0 aromatic heterocycles. The van der Waals surface area contributed by atoms with Crippen molar-refractivity contribution in [3.05, 3.63) is 71.9 Å². The van der Waals surface area contributed by atoms with Crippen molar-refractivity contribution in [3.63, 3.8) is 0 Å². The van der Waals surface area contributed by atoms with Crippen LogP contribution in [0.4, 0.5) is 0 Å². The van der Waals surface area contributed by atoms with Gasteiger partial charge in [0.1, 0.15) is 5.75 Å². The first-order valence-corrected chi connectivity index (χ1v) is 13.0. The van der Waals surface area contributed by atoms with Crippen LogP contribution in [0.2, 0.25) is 0 Å². The van der Waals surface area contributed by atoms with Crippen LogP contribution in [0.1, 0.15) is 50.7 Å². The van der Waals surface area contributed by atoms with E-state index in [1.165, 1.54) is 12.8 Å². The fraction of sp³-hybridized carbons (Fsp3) is 0.423. The molecule has 1 saturated carbocycles. The Labute approximate surface area is 196 Å². The van der Waals surface area contributed by atoms with Gasteiger partial charge in [-0.3, -0.25) is 4.79 Å². The van der Waals surface area contributed by atoms with E-state index in [0.717, 1.165) is 29.7 Å². The summed E-state index contributed by atoms with van der Waals surface area (Å²) in [7, 11) is -3.74. The first-order valence-electron chi connectivity index (χ1n) is 11.5. The van der Waals surface area contributed by atoms with Crippen molar-refractivity contribution in [3.8, 4) is 5.75 Å². The van der Waals surface area contributed by atoms with Gasteiger partial charge in [-0.25, -0.2) is 13.1 Å². The highest BCUT2D eigenvalue weighted by Crippen LogP contribution is 2.31. The molecule has 176 valence electrons. The lowest BCUT2D eigenvalue weighted by Gasteiger charge is -2.28. The normalized spacial score (nSPS) is 19.3. The van der Waals surface area contributed by atoms with E-state index in [2.05, 4.69) is 16.6 Å². The molecule has 7 heteroatoms. The minimum absolute atomic E-state index is 0.0284. The highest BCUT2D eigenvalue weighted by Gasteiger charge is 2.29. The largest absolute Gasteiger partial charge is 0.493 e. The van der Waals surface area contributed by atoms with Crippen LogP contribution in [0.15, 0.2) is 65.7 Å². The van der Waals surface area contributed by atoms with Gasteiger partial charge in [-0.2, -0.15) is 0 Å². The minimum atomic E-state index is -3.74. The number of carbonyl (C=O) groups excluding carboxylic acids is 1. The molecule has 33 heavy (non-hydrogen) atoms. The summed E-state index contributed by atoms with van der Waals surface area (Å²) >= 11 is 0. The van der Waals surface area contributed by atoms with Gasteiger partial charge in [0.25, 0.3) is 0 Å². The maximum Gasteiger partial charge on any atom is 0.241 e. The molecule has 2 aliphatic rings. The number of nitrogens with one attached hydrogen (secondary N) is 2. The summed E-state index contributed by atoms with van der Waals surface area (Å²) in [6.45, 7) is 8.32. The third kappa shape index (κ3) is 6.03. The Kier molecular flexibility index (Phi) is 6.64. The van der Waals surface area contributed by atoms with E-state index < -0.39 is 15.6 Å². The fourth-order valence-electron chi connectivity index (χ4n) is 4.07. The van der Waals surface area contributed by atoms with Crippen molar-refractivity contribution in [2.24, 2.45) is 11.8 Å². The molecule has 2 N–H and O–H groups in total. The van der Waals surface area contributed by atoms with E-state index >= 15 is 0 Å². The van der Waals surface area contributed by atoms with Gasteiger partial charge in [-0.1, -0.05) is 36.9 Å². The van der Waals surface area contributed by atoms with Crippen LogP contribution in [-0.2, 0) is 26.8 Å².